The van der Waals surface area contributed by atoms with Gasteiger partial charge in [0.1, 0.15) is 22.2 Å². The summed E-state index contributed by atoms with van der Waals surface area (Å²) in [7, 11) is -2.88. The molecule has 0 aliphatic carbocycles. The van der Waals surface area contributed by atoms with Crippen LogP contribution in [0.2, 0.25) is 5.02 Å². The fourth-order valence-electron chi connectivity index (χ4n) is 3.24. The molecule has 1 aliphatic rings. The maximum absolute atomic E-state index is 13.4. The van der Waals surface area contributed by atoms with Crippen LogP contribution < -0.4 is 9.46 Å². The first-order valence-electron chi connectivity index (χ1n) is 9.17. The van der Waals surface area contributed by atoms with Crippen molar-refractivity contribution >= 4 is 39.1 Å². The van der Waals surface area contributed by atoms with Crippen molar-refractivity contribution in [3.8, 4) is 5.75 Å². The molecule has 0 fully saturated rings. The molecule has 0 spiro atoms. The number of nitrogens with zero attached hydrogens (tertiary/aromatic N) is 2. The average Bonchev–Trinajstić information content (AvgIpc) is 3.01. The number of hydrogen-bond donors (Lipinski definition) is 1. The predicted octanol–water partition coefficient (Wildman–Crippen LogP) is 3.48. The molecule has 1 aliphatic heterocycles. The third-order valence-corrected chi connectivity index (χ3v) is 6.45. The van der Waals surface area contributed by atoms with E-state index >= 15 is 0 Å². The standard InChI is InChI=1S/C21H15ClFN3O5S/c1-31-17-7-4-12(11-26-20(27)14-3-2-8-24-19(14)21(26)28)9-18(17)32(29,30)25-13-5-6-16(23)15(22)10-13/h2-10,25H,11H2,1H3. The number of aromatic nitrogens is 1. The number of methoxy groups -OCH3 is 1. The van der Waals surface area contributed by atoms with Crippen molar-refractivity contribution in [1.29, 1.82) is 0 Å². The van der Waals surface area contributed by atoms with Crippen molar-refractivity contribution in [3.63, 3.8) is 0 Å². The fourth-order valence-corrected chi connectivity index (χ4v) is 4.69. The molecule has 164 valence electrons. The van der Waals surface area contributed by atoms with Gasteiger partial charge in [-0.1, -0.05) is 17.7 Å². The zero-order valence-corrected chi connectivity index (χ0v) is 18.1. The molecular weight excluding hydrogens is 461 g/mol. The number of amides is 2. The van der Waals surface area contributed by atoms with Gasteiger partial charge in [-0.25, -0.2) is 12.8 Å². The molecule has 2 heterocycles. The van der Waals surface area contributed by atoms with Crippen LogP contribution >= 0.6 is 11.6 Å². The second kappa shape index (κ2) is 8.21. The molecule has 0 atom stereocenters. The summed E-state index contributed by atoms with van der Waals surface area (Å²) in [4.78, 5) is 29.9. The lowest BCUT2D eigenvalue weighted by Gasteiger charge is -2.16. The Kier molecular flexibility index (Phi) is 5.57. The predicted molar refractivity (Wildman–Crippen MR) is 114 cm³/mol. The zero-order chi connectivity index (χ0) is 23.0. The number of carbonyl (C=O) groups excluding carboxylic acids is 2. The fraction of sp³-hybridized carbons (Fsp3) is 0.0952. The van der Waals surface area contributed by atoms with Gasteiger partial charge in [-0.3, -0.25) is 24.2 Å². The monoisotopic (exact) mass is 475 g/mol. The van der Waals surface area contributed by atoms with Gasteiger partial charge in [-0.15, -0.1) is 0 Å². The Labute approximate surface area is 187 Å². The van der Waals surface area contributed by atoms with Gasteiger partial charge >= 0.3 is 0 Å². The topological polar surface area (TPSA) is 106 Å². The van der Waals surface area contributed by atoms with Crippen molar-refractivity contribution < 1.29 is 27.1 Å². The number of halogens is 2. The van der Waals surface area contributed by atoms with E-state index in [2.05, 4.69) is 9.71 Å². The number of nitrogens with one attached hydrogen (secondary N) is 1. The van der Waals surface area contributed by atoms with E-state index in [-0.39, 0.29) is 39.2 Å². The van der Waals surface area contributed by atoms with Crippen molar-refractivity contribution in [3.05, 3.63) is 82.4 Å². The first-order valence-corrected chi connectivity index (χ1v) is 11.0. The highest BCUT2D eigenvalue weighted by Crippen LogP contribution is 2.30. The van der Waals surface area contributed by atoms with Gasteiger partial charge in [0.25, 0.3) is 21.8 Å². The Balaban J connectivity index is 1.65. The Bertz CT molecular complexity index is 1330. The molecular formula is C21H15ClFN3O5S. The van der Waals surface area contributed by atoms with Crippen molar-refractivity contribution in [2.24, 2.45) is 0 Å². The third kappa shape index (κ3) is 3.90. The lowest BCUT2D eigenvalue weighted by atomic mass is 10.2. The minimum absolute atomic E-state index is 0.0403. The first-order chi connectivity index (χ1) is 15.2. The summed E-state index contributed by atoms with van der Waals surface area (Å²) in [5.74, 6) is -1.73. The molecule has 0 saturated heterocycles. The number of benzene rings is 2. The Morgan fingerprint density at radius 3 is 2.59 bits per heavy atom. The number of sulfonamides is 1. The quantitative estimate of drug-likeness (QED) is 0.547. The van der Waals surface area contributed by atoms with E-state index in [1.807, 2.05) is 0 Å². The summed E-state index contributed by atoms with van der Waals surface area (Å²) in [6.07, 6.45) is 1.42. The molecule has 2 amide bonds. The largest absolute Gasteiger partial charge is 0.495 e. The molecule has 0 unspecified atom stereocenters. The highest BCUT2D eigenvalue weighted by Gasteiger charge is 2.36. The first kappa shape index (κ1) is 21.7. The van der Waals surface area contributed by atoms with Gasteiger partial charge in [0, 0.05) is 6.20 Å². The molecule has 32 heavy (non-hydrogen) atoms. The van der Waals surface area contributed by atoms with Crippen LogP contribution in [0.25, 0.3) is 0 Å². The number of fused-ring (bicyclic) bond motifs is 1. The summed E-state index contributed by atoms with van der Waals surface area (Å²) in [5.41, 5.74) is 0.663. The van der Waals surface area contributed by atoms with Crippen LogP contribution in [0.5, 0.6) is 5.75 Å². The normalized spacial score (nSPS) is 13.3. The smallest absolute Gasteiger partial charge is 0.280 e. The average molecular weight is 476 g/mol. The molecule has 8 nitrogen and oxygen atoms in total. The van der Waals surface area contributed by atoms with Crippen LogP contribution in [0, 0.1) is 5.82 Å². The molecule has 11 heteroatoms. The SMILES string of the molecule is COc1ccc(CN2C(=O)c3cccnc3C2=O)cc1S(=O)(=O)Nc1ccc(F)c(Cl)c1. The maximum Gasteiger partial charge on any atom is 0.280 e. The lowest BCUT2D eigenvalue weighted by molar-refractivity contribution is 0.0640. The van der Waals surface area contributed by atoms with Crippen molar-refractivity contribution in [1.82, 2.24) is 9.88 Å². The molecule has 1 aromatic heterocycles. The third-order valence-electron chi connectivity index (χ3n) is 4.76. The van der Waals surface area contributed by atoms with Crippen LogP contribution in [-0.2, 0) is 16.6 Å². The van der Waals surface area contributed by atoms with Crippen LogP contribution in [-0.4, -0.2) is 37.2 Å². The van der Waals surface area contributed by atoms with Gasteiger partial charge in [-0.05, 0) is 48.0 Å². The summed E-state index contributed by atoms with van der Waals surface area (Å²) in [6.45, 7) is -0.164. The van der Waals surface area contributed by atoms with Gasteiger partial charge in [0.15, 0.2) is 0 Å². The van der Waals surface area contributed by atoms with Crippen LogP contribution in [0.15, 0.2) is 59.6 Å². The van der Waals surface area contributed by atoms with Gasteiger partial charge in [0.2, 0.25) is 0 Å². The second-order valence-corrected chi connectivity index (χ2v) is 8.87. The van der Waals surface area contributed by atoms with E-state index in [0.29, 0.717) is 5.56 Å². The van der Waals surface area contributed by atoms with E-state index in [1.165, 1.54) is 37.6 Å². The number of carbonyl (C=O) groups is 2. The van der Waals surface area contributed by atoms with E-state index in [0.717, 1.165) is 17.0 Å². The van der Waals surface area contributed by atoms with Crippen LogP contribution in [0.3, 0.4) is 0 Å². The molecule has 2 aromatic carbocycles. The number of anilines is 1. The Morgan fingerprint density at radius 2 is 1.91 bits per heavy atom. The minimum atomic E-state index is -4.18. The summed E-state index contributed by atoms with van der Waals surface area (Å²) >= 11 is 5.72. The molecule has 0 saturated carbocycles. The zero-order valence-electron chi connectivity index (χ0n) is 16.5. The molecule has 0 radical (unpaired) electrons. The number of hydrogen-bond acceptors (Lipinski definition) is 6. The number of pyridine rings is 1. The second-order valence-electron chi connectivity index (χ2n) is 6.82. The lowest BCUT2D eigenvalue weighted by Crippen LogP contribution is -2.29. The van der Waals surface area contributed by atoms with Gasteiger partial charge in [0.05, 0.1) is 29.9 Å². The van der Waals surface area contributed by atoms with Crippen LogP contribution in [0.4, 0.5) is 10.1 Å². The van der Waals surface area contributed by atoms with E-state index in [4.69, 9.17) is 16.3 Å². The highest BCUT2D eigenvalue weighted by atomic mass is 35.5. The minimum Gasteiger partial charge on any atom is -0.495 e. The van der Waals surface area contributed by atoms with Crippen molar-refractivity contribution in [2.45, 2.75) is 11.4 Å². The molecule has 4 rings (SSSR count). The maximum atomic E-state index is 13.4. The summed E-state index contributed by atoms with van der Waals surface area (Å²) in [5, 5.41) is -0.245. The van der Waals surface area contributed by atoms with E-state index in [9.17, 15) is 22.4 Å². The van der Waals surface area contributed by atoms with Crippen molar-refractivity contribution in [2.75, 3.05) is 11.8 Å². The van der Waals surface area contributed by atoms with E-state index in [1.54, 1.807) is 12.1 Å². The van der Waals surface area contributed by atoms with Crippen LogP contribution in [0.1, 0.15) is 26.4 Å². The molecule has 1 N–H and O–H groups in total. The number of imide groups is 1. The number of ether oxygens (including phenoxy) is 1. The summed E-state index contributed by atoms with van der Waals surface area (Å²) in [6, 6.07) is 10.7. The highest BCUT2D eigenvalue weighted by molar-refractivity contribution is 7.92. The molecule has 3 aromatic rings. The summed E-state index contributed by atoms with van der Waals surface area (Å²) < 4.78 is 46.8. The number of rotatable bonds is 6. The van der Waals surface area contributed by atoms with Gasteiger partial charge in [-0.2, -0.15) is 0 Å². The molecule has 0 bridgehead atoms. The van der Waals surface area contributed by atoms with E-state index < -0.39 is 27.7 Å². The van der Waals surface area contributed by atoms with Gasteiger partial charge < -0.3 is 4.74 Å². The Hall–Kier alpha value is -3.50. The Morgan fingerprint density at radius 1 is 1.12 bits per heavy atom.